The molecule has 1 fully saturated rings. The molecule has 0 bridgehead atoms. The molecule has 0 amide bonds. The lowest BCUT2D eigenvalue weighted by atomic mass is 9.97. The lowest BCUT2D eigenvalue weighted by Gasteiger charge is -2.11. The molecule has 1 aromatic carbocycles. The molecular weight excluding hydrogens is 375 g/mol. The number of benzene rings is 1. The minimum absolute atomic E-state index is 0.0158. The van der Waals surface area contributed by atoms with Gasteiger partial charge in [-0.1, -0.05) is 18.2 Å². The summed E-state index contributed by atoms with van der Waals surface area (Å²) in [5, 5.41) is 0.0158. The van der Waals surface area contributed by atoms with Crippen LogP contribution in [0.3, 0.4) is 0 Å². The van der Waals surface area contributed by atoms with Gasteiger partial charge in [0.25, 0.3) is 0 Å². The van der Waals surface area contributed by atoms with Gasteiger partial charge in [0, 0.05) is 12.5 Å². The number of halogens is 3. The van der Waals surface area contributed by atoms with E-state index in [-0.39, 0.29) is 10.4 Å². The molecule has 2 aliphatic rings. The molecule has 27 heavy (non-hydrogen) atoms. The van der Waals surface area contributed by atoms with Crippen molar-refractivity contribution in [2.45, 2.75) is 36.9 Å². The third-order valence-electron chi connectivity index (χ3n) is 5.45. The maximum atomic E-state index is 12.8. The summed E-state index contributed by atoms with van der Waals surface area (Å²) in [4.78, 5) is 4.07. The molecule has 1 spiro atoms. The van der Waals surface area contributed by atoms with Crippen molar-refractivity contribution in [3.8, 4) is 0 Å². The number of allylic oxidation sites excluding steroid dienone is 2. The van der Waals surface area contributed by atoms with Crippen molar-refractivity contribution in [3.05, 3.63) is 59.3 Å². The Morgan fingerprint density at radius 2 is 1.48 bits per heavy atom. The van der Waals surface area contributed by atoms with E-state index in [1.165, 1.54) is 18.2 Å². The minimum Gasteiger partial charge on any atom is -0.244 e. The highest BCUT2D eigenvalue weighted by Gasteiger charge is 2.48. The zero-order chi connectivity index (χ0) is 19.4. The largest absolute Gasteiger partial charge is 0.416 e. The summed E-state index contributed by atoms with van der Waals surface area (Å²) in [7, 11) is -3.37. The van der Waals surface area contributed by atoms with Gasteiger partial charge >= 0.3 is 6.18 Å². The number of aromatic nitrogens is 1. The second kappa shape index (κ2) is 5.92. The van der Waals surface area contributed by atoms with Crippen molar-refractivity contribution >= 4 is 21.0 Å². The standard InChI is InChI=1S/C20H18F3NO2S/c1-27(25,26)18-7-4-14(12-24-18)17-11-19(8-9-19)10-16(17)13-2-5-15(6-3-13)20(21,22)23/h2-7,12H,8-11H2,1H3. The molecule has 1 saturated carbocycles. The second-order valence-corrected chi connectivity index (χ2v) is 9.51. The summed E-state index contributed by atoms with van der Waals surface area (Å²) in [6, 6.07) is 8.51. The van der Waals surface area contributed by atoms with Crippen LogP contribution in [-0.2, 0) is 16.0 Å². The van der Waals surface area contributed by atoms with Crippen LogP contribution < -0.4 is 0 Å². The number of nitrogens with zero attached hydrogens (tertiary/aromatic N) is 1. The Morgan fingerprint density at radius 1 is 0.926 bits per heavy atom. The Labute approximate surface area is 155 Å². The molecule has 1 heterocycles. The van der Waals surface area contributed by atoms with E-state index in [0.717, 1.165) is 66.3 Å². The zero-order valence-corrected chi connectivity index (χ0v) is 15.5. The van der Waals surface area contributed by atoms with E-state index in [1.807, 2.05) is 0 Å². The molecule has 0 unspecified atom stereocenters. The number of alkyl halides is 3. The summed E-state index contributed by atoms with van der Waals surface area (Å²) in [5.41, 5.74) is 3.26. The van der Waals surface area contributed by atoms with Crippen LogP contribution in [0.4, 0.5) is 13.2 Å². The molecule has 0 atom stereocenters. The highest BCUT2D eigenvalue weighted by Crippen LogP contribution is 2.63. The van der Waals surface area contributed by atoms with E-state index in [0.29, 0.717) is 0 Å². The lowest BCUT2D eigenvalue weighted by Crippen LogP contribution is -2.04. The number of sulfone groups is 1. The average molecular weight is 393 g/mol. The van der Waals surface area contributed by atoms with E-state index in [9.17, 15) is 21.6 Å². The van der Waals surface area contributed by atoms with Gasteiger partial charge in [0.15, 0.2) is 14.9 Å². The first-order valence-electron chi connectivity index (χ1n) is 8.64. The first kappa shape index (κ1) is 18.2. The van der Waals surface area contributed by atoms with Crippen LogP contribution in [0.15, 0.2) is 47.6 Å². The average Bonchev–Trinajstić information content (AvgIpc) is 3.24. The van der Waals surface area contributed by atoms with Crippen molar-refractivity contribution in [2.24, 2.45) is 5.41 Å². The Balaban J connectivity index is 1.74. The molecule has 0 N–H and O–H groups in total. The van der Waals surface area contributed by atoms with Crippen LogP contribution in [0.1, 0.15) is 42.4 Å². The van der Waals surface area contributed by atoms with Crippen LogP contribution in [0.2, 0.25) is 0 Å². The highest BCUT2D eigenvalue weighted by atomic mass is 32.2. The first-order chi connectivity index (χ1) is 12.6. The fourth-order valence-corrected chi connectivity index (χ4v) is 4.31. The summed E-state index contributed by atoms with van der Waals surface area (Å²) in [6.45, 7) is 0. The molecule has 0 radical (unpaired) electrons. The summed E-state index contributed by atoms with van der Waals surface area (Å²) < 4.78 is 61.7. The second-order valence-electron chi connectivity index (χ2n) is 7.54. The molecule has 0 saturated heterocycles. The molecule has 4 rings (SSSR count). The van der Waals surface area contributed by atoms with Gasteiger partial charge in [-0.3, -0.25) is 0 Å². The van der Waals surface area contributed by atoms with Crippen LogP contribution in [0, 0.1) is 5.41 Å². The van der Waals surface area contributed by atoms with Gasteiger partial charge < -0.3 is 0 Å². The van der Waals surface area contributed by atoms with E-state index in [2.05, 4.69) is 4.98 Å². The highest BCUT2D eigenvalue weighted by molar-refractivity contribution is 7.90. The number of pyridine rings is 1. The van der Waals surface area contributed by atoms with Crippen molar-refractivity contribution < 1.29 is 21.6 Å². The molecular formula is C20H18F3NO2S. The normalized spacial score (nSPS) is 19.0. The van der Waals surface area contributed by atoms with Crippen LogP contribution in [-0.4, -0.2) is 19.7 Å². The molecule has 2 aliphatic carbocycles. The van der Waals surface area contributed by atoms with Gasteiger partial charge in [-0.05, 0) is 71.6 Å². The zero-order valence-electron chi connectivity index (χ0n) is 14.7. The van der Waals surface area contributed by atoms with E-state index < -0.39 is 21.6 Å². The molecule has 142 valence electrons. The molecule has 1 aromatic heterocycles. The van der Waals surface area contributed by atoms with Crippen molar-refractivity contribution in [3.63, 3.8) is 0 Å². The Hall–Kier alpha value is -2.15. The maximum absolute atomic E-state index is 12.8. The predicted molar refractivity (Wildman–Crippen MR) is 96.5 cm³/mol. The predicted octanol–water partition coefficient (Wildman–Crippen LogP) is 4.99. The first-order valence-corrected chi connectivity index (χ1v) is 10.5. The SMILES string of the molecule is CS(=O)(=O)c1ccc(C2=C(c3ccc(C(F)(F)F)cc3)CC3(CC3)C2)cn1. The van der Waals surface area contributed by atoms with Crippen molar-refractivity contribution in [1.29, 1.82) is 0 Å². The van der Waals surface area contributed by atoms with Gasteiger partial charge in [0.05, 0.1) is 5.56 Å². The lowest BCUT2D eigenvalue weighted by molar-refractivity contribution is -0.137. The number of hydrogen-bond acceptors (Lipinski definition) is 3. The number of hydrogen-bond donors (Lipinski definition) is 0. The third kappa shape index (κ3) is 3.52. The fraction of sp³-hybridized carbons (Fsp3) is 0.350. The Morgan fingerprint density at radius 3 is 1.93 bits per heavy atom. The van der Waals surface area contributed by atoms with Gasteiger partial charge in [-0.2, -0.15) is 13.2 Å². The van der Waals surface area contributed by atoms with E-state index in [4.69, 9.17) is 0 Å². The van der Waals surface area contributed by atoms with Gasteiger partial charge in [0.2, 0.25) is 0 Å². The molecule has 3 nitrogen and oxygen atoms in total. The smallest absolute Gasteiger partial charge is 0.244 e. The van der Waals surface area contributed by atoms with Crippen LogP contribution in [0.25, 0.3) is 11.1 Å². The third-order valence-corrected chi connectivity index (χ3v) is 6.45. The summed E-state index contributed by atoms with van der Waals surface area (Å²) in [5.74, 6) is 0. The number of rotatable bonds is 3. The van der Waals surface area contributed by atoms with Gasteiger partial charge in [-0.25, -0.2) is 13.4 Å². The molecule has 0 aliphatic heterocycles. The fourth-order valence-electron chi connectivity index (χ4n) is 3.75. The Kier molecular flexibility index (Phi) is 4.00. The monoisotopic (exact) mass is 393 g/mol. The topological polar surface area (TPSA) is 47.0 Å². The maximum Gasteiger partial charge on any atom is 0.416 e. The minimum atomic E-state index is -4.35. The quantitative estimate of drug-likeness (QED) is 0.738. The Bertz CT molecular complexity index is 1020. The van der Waals surface area contributed by atoms with Crippen LogP contribution >= 0.6 is 0 Å². The molecule has 2 aromatic rings. The van der Waals surface area contributed by atoms with Crippen molar-refractivity contribution in [2.75, 3.05) is 6.26 Å². The van der Waals surface area contributed by atoms with Gasteiger partial charge in [-0.15, -0.1) is 0 Å². The van der Waals surface area contributed by atoms with E-state index >= 15 is 0 Å². The van der Waals surface area contributed by atoms with E-state index in [1.54, 1.807) is 12.3 Å². The summed E-state index contributed by atoms with van der Waals surface area (Å²) >= 11 is 0. The van der Waals surface area contributed by atoms with Gasteiger partial charge in [0.1, 0.15) is 0 Å². The van der Waals surface area contributed by atoms with Crippen LogP contribution in [0.5, 0.6) is 0 Å². The molecule has 7 heteroatoms. The van der Waals surface area contributed by atoms with Crippen molar-refractivity contribution in [1.82, 2.24) is 4.98 Å². The summed E-state index contributed by atoms with van der Waals surface area (Å²) in [6.07, 6.45) is 2.21.